The number of rotatable bonds is 5. The minimum Gasteiger partial charge on any atom is -0.454 e. The van der Waals surface area contributed by atoms with E-state index in [0.29, 0.717) is 5.92 Å². The van der Waals surface area contributed by atoms with E-state index in [9.17, 15) is 17.6 Å². The normalized spacial score (nSPS) is 26.2. The van der Waals surface area contributed by atoms with E-state index in [2.05, 4.69) is 6.92 Å². The summed E-state index contributed by atoms with van der Waals surface area (Å²) < 4.78 is 73.7. The van der Waals surface area contributed by atoms with Crippen molar-refractivity contribution in [3.63, 3.8) is 0 Å². The summed E-state index contributed by atoms with van der Waals surface area (Å²) in [5.41, 5.74) is -0.761. The van der Waals surface area contributed by atoms with Crippen molar-refractivity contribution < 1.29 is 26.7 Å². The SMILES string of the molecule is CCC1CCC(C2CCC(c3c(F)ccc(Oc4ccc(C(F)(F)F)cc4)c3F)CC2)CC1. The van der Waals surface area contributed by atoms with Crippen molar-refractivity contribution >= 4 is 0 Å². The third-order valence-corrected chi connectivity index (χ3v) is 7.82. The highest BCUT2D eigenvalue weighted by Crippen LogP contribution is 2.46. The van der Waals surface area contributed by atoms with E-state index in [-0.39, 0.29) is 23.0 Å². The number of hydrogen-bond donors (Lipinski definition) is 0. The first kappa shape index (κ1) is 24.0. The highest BCUT2D eigenvalue weighted by atomic mass is 19.4. The van der Waals surface area contributed by atoms with Gasteiger partial charge in [0.2, 0.25) is 0 Å². The molecule has 0 N–H and O–H groups in total. The average Bonchev–Trinajstić information content (AvgIpc) is 2.81. The van der Waals surface area contributed by atoms with Crippen molar-refractivity contribution in [3.05, 3.63) is 59.2 Å². The minimum atomic E-state index is -4.46. The molecule has 2 aromatic rings. The Kier molecular flexibility index (Phi) is 7.30. The van der Waals surface area contributed by atoms with Crippen molar-refractivity contribution in [1.82, 2.24) is 0 Å². The molecule has 0 radical (unpaired) electrons. The summed E-state index contributed by atoms with van der Waals surface area (Å²) in [6.45, 7) is 2.26. The van der Waals surface area contributed by atoms with Crippen LogP contribution in [0.1, 0.15) is 81.8 Å². The van der Waals surface area contributed by atoms with Crippen LogP contribution in [-0.4, -0.2) is 0 Å². The van der Waals surface area contributed by atoms with Gasteiger partial charge in [0.1, 0.15) is 11.6 Å². The molecule has 0 spiro atoms. The molecular weight excluding hydrogens is 435 g/mol. The van der Waals surface area contributed by atoms with Gasteiger partial charge in [-0.25, -0.2) is 8.78 Å². The molecule has 1 nitrogen and oxygen atoms in total. The van der Waals surface area contributed by atoms with Crippen LogP contribution in [0.5, 0.6) is 11.5 Å². The van der Waals surface area contributed by atoms with Gasteiger partial charge in [-0.2, -0.15) is 13.2 Å². The summed E-state index contributed by atoms with van der Waals surface area (Å²) in [7, 11) is 0. The summed E-state index contributed by atoms with van der Waals surface area (Å²) in [4.78, 5) is 0. The Hall–Kier alpha value is -2.11. The summed E-state index contributed by atoms with van der Waals surface area (Å²) in [5.74, 6) is 0.602. The van der Waals surface area contributed by atoms with Crippen LogP contribution in [0.4, 0.5) is 22.0 Å². The molecule has 0 heterocycles. The molecule has 0 atom stereocenters. The lowest BCUT2D eigenvalue weighted by Crippen LogP contribution is -2.25. The Bertz CT molecular complexity index is 921. The van der Waals surface area contributed by atoms with Crippen LogP contribution in [0.25, 0.3) is 0 Å². The maximum Gasteiger partial charge on any atom is 0.416 e. The fourth-order valence-corrected chi connectivity index (χ4v) is 5.79. The van der Waals surface area contributed by atoms with Crippen molar-refractivity contribution in [1.29, 1.82) is 0 Å². The fourth-order valence-electron chi connectivity index (χ4n) is 5.79. The number of ether oxygens (including phenoxy) is 1. The van der Waals surface area contributed by atoms with E-state index in [0.717, 1.165) is 61.8 Å². The van der Waals surface area contributed by atoms with Crippen LogP contribution in [0.15, 0.2) is 36.4 Å². The van der Waals surface area contributed by atoms with E-state index in [4.69, 9.17) is 4.74 Å². The predicted molar refractivity (Wildman–Crippen MR) is 118 cm³/mol. The Labute approximate surface area is 192 Å². The molecule has 0 bridgehead atoms. The second-order valence-corrected chi connectivity index (χ2v) is 9.70. The van der Waals surface area contributed by atoms with Gasteiger partial charge in [0.25, 0.3) is 0 Å². The van der Waals surface area contributed by atoms with Crippen LogP contribution in [0.3, 0.4) is 0 Å². The number of alkyl halides is 3. The van der Waals surface area contributed by atoms with Gasteiger partial charge in [-0.05, 0) is 98.6 Å². The number of halogens is 5. The minimum absolute atomic E-state index is 0.0487. The van der Waals surface area contributed by atoms with E-state index >= 15 is 4.39 Å². The first-order valence-corrected chi connectivity index (χ1v) is 12.1. The van der Waals surface area contributed by atoms with E-state index < -0.39 is 23.4 Å². The molecule has 0 aliphatic heterocycles. The summed E-state index contributed by atoms with van der Waals surface area (Å²) in [6, 6.07) is 6.44. The van der Waals surface area contributed by atoms with Crippen LogP contribution in [0, 0.1) is 29.4 Å². The summed E-state index contributed by atoms with van der Waals surface area (Å²) >= 11 is 0. The molecule has 0 amide bonds. The largest absolute Gasteiger partial charge is 0.454 e. The highest BCUT2D eigenvalue weighted by Gasteiger charge is 2.33. The Morgan fingerprint density at radius 3 is 1.91 bits per heavy atom. The molecule has 2 saturated carbocycles. The number of benzene rings is 2. The van der Waals surface area contributed by atoms with Gasteiger partial charge < -0.3 is 4.74 Å². The standard InChI is InChI=1S/C27H31F5O/c1-2-17-3-5-18(6-4-17)19-7-9-20(10-8-19)25-23(28)15-16-24(26(25)29)33-22-13-11-21(12-14-22)27(30,31)32/h11-20H,2-10H2,1H3. The Morgan fingerprint density at radius 2 is 1.36 bits per heavy atom. The van der Waals surface area contributed by atoms with Gasteiger partial charge in [-0.15, -0.1) is 0 Å². The van der Waals surface area contributed by atoms with Crippen molar-refractivity contribution in [2.75, 3.05) is 0 Å². The smallest absolute Gasteiger partial charge is 0.416 e. The molecule has 180 valence electrons. The molecule has 2 aliphatic rings. The molecule has 0 aromatic heterocycles. The Morgan fingerprint density at radius 1 is 0.788 bits per heavy atom. The van der Waals surface area contributed by atoms with Gasteiger partial charge in [-0.1, -0.05) is 26.2 Å². The monoisotopic (exact) mass is 466 g/mol. The van der Waals surface area contributed by atoms with Crippen molar-refractivity contribution in [2.45, 2.75) is 76.8 Å². The van der Waals surface area contributed by atoms with Crippen LogP contribution >= 0.6 is 0 Å². The van der Waals surface area contributed by atoms with Crippen LogP contribution in [0.2, 0.25) is 0 Å². The van der Waals surface area contributed by atoms with E-state index in [1.165, 1.54) is 44.2 Å². The molecule has 0 saturated heterocycles. The molecule has 6 heteroatoms. The third kappa shape index (κ3) is 5.52. The predicted octanol–water partition coefficient (Wildman–Crippen LogP) is 9.27. The molecule has 0 unspecified atom stereocenters. The third-order valence-electron chi connectivity index (χ3n) is 7.82. The first-order chi connectivity index (χ1) is 15.8. The quantitative estimate of drug-likeness (QED) is 0.399. The van der Waals surface area contributed by atoms with Crippen molar-refractivity contribution in [2.24, 2.45) is 17.8 Å². The maximum atomic E-state index is 15.3. The Balaban J connectivity index is 1.42. The molecule has 4 rings (SSSR count). The molecule has 33 heavy (non-hydrogen) atoms. The molecular formula is C27H31F5O. The van der Waals surface area contributed by atoms with Crippen LogP contribution in [-0.2, 0) is 6.18 Å². The zero-order valence-electron chi connectivity index (χ0n) is 18.9. The zero-order chi connectivity index (χ0) is 23.6. The second-order valence-electron chi connectivity index (χ2n) is 9.70. The fraction of sp³-hybridized carbons (Fsp3) is 0.556. The lowest BCUT2D eigenvalue weighted by molar-refractivity contribution is -0.137. The lowest BCUT2D eigenvalue weighted by atomic mass is 9.68. The van der Waals surface area contributed by atoms with Gasteiger partial charge in [0.05, 0.1) is 5.56 Å². The van der Waals surface area contributed by atoms with Gasteiger partial charge >= 0.3 is 6.18 Å². The van der Waals surface area contributed by atoms with Gasteiger partial charge in [0.15, 0.2) is 11.6 Å². The van der Waals surface area contributed by atoms with Crippen molar-refractivity contribution in [3.8, 4) is 11.5 Å². The number of hydrogen-bond acceptors (Lipinski definition) is 1. The highest BCUT2D eigenvalue weighted by molar-refractivity contribution is 5.39. The second kappa shape index (κ2) is 10.0. The van der Waals surface area contributed by atoms with E-state index in [1.54, 1.807) is 0 Å². The van der Waals surface area contributed by atoms with Gasteiger partial charge in [0, 0.05) is 5.56 Å². The topological polar surface area (TPSA) is 9.23 Å². The maximum absolute atomic E-state index is 15.3. The molecule has 2 fully saturated rings. The lowest BCUT2D eigenvalue weighted by Gasteiger charge is -2.38. The first-order valence-electron chi connectivity index (χ1n) is 12.1. The van der Waals surface area contributed by atoms with Gasteiger partial charge in [-0.3, -0.25) is 0 Å². The average molecular weight is 467 g/mol. The summed E-state index contributed by atoms with van der Waals surface area (Å²) in [5, 5.41) is 0. The van der Waals surface area contributed by atoms with E-state index in [1.807, 2.05) is 0 Å². The molecule has 2 aromatic carbocycles. The van der Waals surface area contributed by atoms with Crippen LogP contribution < -0.4 is 4.74 Å². The molecule has 2 aliphatic carbocycles. The zero-order valence-corrected chi connectivity index (χ0v) is 18.9. The summed E-state index contributed by atoms with van der Waals surface area (Å²) in [6.07, 6.45) is 5.39.